The second-order valence-electron chi connectivity index (χ2n) is 7.94. The van der Waals surface area contributed by atoms with Gasteiger partial charge in [0.25, 0.3) is 0 Å². The number of rotatable bonds is 7. The molecule has 12 heteroatoms. The van der Waals surface area contributed by atoms with Crippen LogP contribution in [0.25, 0.3) is 0 Å². The quantitative estimate of drug-likeness (QED) is 0.461. The van der Waals surface area contributed by atoms with E-state index in [0.29, 0.717) is 29.9 Å². The molecule has 1 aliphatic rings. The van der Waals surface area contributed by atoms with Gasteiger partial charge in [0.15, 0.2) is 0 Å². The molecule has 3 rings (SSSR count). The number of hydrogen-bond acceptors (Lipinski definition) is 6. The molecule has 5 N–H and O–H groups in total. The van der Waals surface area contributed by atoms with Crippen molar-refractivity contribution in [2.75, 3.05) is 32.1 Å². The fraction of sp³-hybridized carbons (Fsp3) is 0.476. The van der Waals surface area contributed by atoms with Gasteiger partial charge < -0.3 is 26.4 Å². The monoisotopic (exact) mass is 470 g/mol. The molecule has 0 aliphatic carbocycles. The van der Waals surface area contributed by atoms with Crippen LogP contribution in [0.2, 0.25) is 0 Å². The van der Waals surface area contributed by atoms with Crippen molar-refractivity contribution in [2.24, 2.45) is 5.73 Å². The molecule has 1 aromatic carbocycles. The maximum Gasteiger partial charge on any atom is 0.419 e. The van der Waals surface area contributed by atoms with Crippen molar-refractivity contribution in [1.82, 2.24) is 20.2 Å². The Balaban J connectivity index is 2.12. The molecule has 1 aromatic heterocycles. The molecule has 8 nitrogen and oxygen atoms in total. The number of likely N-dealkylation sites (N-methyl/N-ethyl adjacent to an activating group) is 1. The fourth-order valence-corrected chi connectivity index (χ4v) is 3.82. The summed E-state index contributed by atoms with van der Waals surface area (Å²) in [4.78, 5) is 22.2. The third-order valence-electron chi connectivity index (χ3n) is 5.50. The van der Waals surface area contributed by atoms with Crippen LogP contribution in [0.3, 0.4) is 0 Å². The van der Waals surface area contributed by atoms with Crippen molar-refractivity contribution in [3.05, 3.63) is 52.1 Å². The van der Waals surface area contributed by atoms with Crippen molar-refractivity contribution in [3.8, 4) is 0 Å². The summed E-state index contributed by atoms with van der Waals surface area (Å²) < 4.78 is 53.5. The van der Waals surface area contributed by atoms with E-state index in [1.807, 2.05) is 0 Å². The fourth-order valence-electron chi connectivity index (χ4n) is 3.82. The van der Waals surface area contributed by atoms with E-state index in [1.54, 1.807) is 14.0 Å². The number of anilines is 1. The first-order chi connectivity index (χ1) is 15.5. The van der Waals surface area contributed by atoms with Crippen LogP contribution in [0.1, 0.15) is 40.9 Å². The van der Waals surface area contributed by atoms with Gasteiger partial charge in [0.1, 0.15) is 5.82 Å². The summed E-state index contributed by atoms with van der Waals surface area (Å²) >= 11 is 0. The normalized spacial score (nSPS) is 15.7. The Labute approximate surface area is 188 Å². The summed E-state index contributed by atoms with van der Waals surface area (Å²) in [6.45, 7) is 2.26. The molecule has 2 amide bonds. The lowest BCUT2D eigenvalue weighted by Crippen LogP contribution is -2.41. The van der Waals surface area contributed by atoms with Crippen molar-refractivity contribution >= 4 is 12.0 Å². The number of amides is 2. The molecule has 0 saturated carbocycles. The van der Waals surface area contributed by atoms with Crippen LogP contribution >= 0.6 is 0 Å². The number of alkyl halides is 3. The van der Waals surface area contributed by atoms with E-state index >= 15 is 0 Å². The van der Waals surface area contributed by atoms with Gasteiger partial charge >= 0.3 is 12.2 Å². The Morgan fingerprint density at radius 1 is 1.33 bits per heavy atom. The number of nitrogens with one attached hydrogen (secondary N) is 2. The Hall–Kier alpha value is -2.99. The maximum absolute atomic E-state index is 14.4. The van der Waals surface area contributed by atoms with Gasteiger partial charge in [-0.2, -0.15) is 13.2 Å². The molecule has 0 fully saturated rings. The number of urea groups is 1. The van der Waals surface area contributed by atoms with Crippen molar-refractivity contribution in [1.29, 1.82) is 0 Å². The van der Waals surface area contributed by atoms with Crippen molar-refractivity contribution < 1.29 is 27.5 Å². The lowest BCUT2D eigenvalue weighted by molar-refractivity contribution is -0.140. The molecule has 0 bridgehead atoms. The second-order valence-corrected chi connectivity index (χ2v) is 7.94. The predicted molar refractivity (Wildman–Crippen MR) is 113 cm³/mol. The lowest BCUT2D eigenvalue weighted by Gasteiger charge is -2.30. The Bertz CT molecular complexity index is 1020. The van der Waals surface area contributed by atoms with Gasteiger partial charge in [0, 0.05) is 25.0 Å². The number of carbonyl (C=O) groups is 1. The van der Waals surface area contributed by atoms with Gasteiger partial charge in [-0.25, -0.2) is 19.2 Å². The summed E-state index contributed by atoms with van der Waals surface area (Å²) in [7, 11) is 1.67. The Morgan fingerprint density at radius 3 is 2.64 bits per heavy atom. The van der Waals surface area contributed by atoms with Gasteiger partial charge in [-0.1, -0.05) is 6.07 Å². The Kier molecular flexibility index (Phi) is 7.38. The van der Waals surface area contributed by atoms with Crippen LogP contribution < -0.4 is 16.4 Å². The standard InChI is InChI=1S/C21H26F4N6O2/c1-11(10-32)28-20-29-17-9-31(19(26)33)6-5-13(17)18(30-20)14(8-27-2)12-3-4-15(16(22)7-12)21(23,24)25/h3-4,7,11,14,27,32H,5-6,8-10H2,1-2H3,(H2,26,33)(H,28,29,30)/t11-,14+/m0/s1. The summed E-state index contributed by atoms with van der Waals surface area (Å²) in [5, 5.41) is 15.3. The van der Waals surface area contributed by atoms with E-state index in [-0.39, 0.29) is 31.7 Å². The van der Waals surface area contributed by atoms with Gasteiger partial charge in [-0.3, -0.25) is 0 Å². The zero-order valence-electron chi connectivity index (χ0n) is 18.2. The molecule has 0 spiro atoms. The summed E-state index contributed by atoms with van der Waals surface area (Å²) in [5.74, 6) is -1.77. The minimum atomic E-state index is -4.80. The zero-order chi connectivity index (χ0) is 24.3. The highest BCUT2D eigenvalue weighted by molar-refractivity contribution is 5.72. The summed E-state index contributed by atoms with van der Waals surface area (Å²) in [5.41, 5.74) is 6.17. The van der Waals surface area contributed by atoms with E-state index in [0.717, 1.165) is 17.7 Å². The maximum atomic E-state index is 14.4. The molecular weight excluding hydrogens is 444 g/mol. The molecule has 0 saturated heterocycles. The first kappa shape index (κ1) is 24.6. The molecule has 2 atom stereocenters. The largest absolute Gasteiger partial charge is 0.419 e. The Morgan fingerprint density at radius 2 is 2.06 bits per heavy atom. The molecular formula is C21H26F4N6O2. The first-order valence-electron chi connectivity index (χ1n) is 10.4. The number of aliphatic hydroxyl groups excluding tert-OH is 1. The van der Waals surface area contributed by atoms with Crippen LogP contribution in [-0.4, -0.2) is 58.8 Å². The number of carbonyl (C=O) groups excluding carboxylic acids is 1. The average Bonchev–Trinajstić information content (AvgIpc) is 2.75. The van der Waals surface area contributed by atoms with E-state index in [2.05, 4.69) is 20.6 Å². The number of hydrogen-bond donors (Lipinski definition) is 4. The first-order valence-corrected chi connectivity index (χ1v) is 10.4. The third kappa shape index (κ3) is 5.50. The topological polar surface area (TPSA) is 116 Å². The molecule has 0 radical (unpaired) electrons. The van der Waals surface area contributed by atoms with Crippen LogP contribution in [0, 0.1) is 5.82 Å². The van der Waals surface area contributed by atoms with E-state index in [9.17, 15) is 27.5 Å². The number of halogens is 4. The van der Waals surface area contributed by atoms with Gasteiger partial charge in [-0.15, -0.1) is 0 Å². The highest BCUT2D eigenvalue weighted by Crippen LogP contribution is 2.35. The highest BCUT2D eigenvalue weighted by atomic mass is 19.4. The lowest BCUT2D eigenvalue weighted by atomic mass is 9.88. The number of aromatic nitrogens is 2. The van der Waals surface area contributed by atoms with Crippen molar-refractivity contribution in [2.45, 2.75) is 38.0 Å². The minimum Gasteiger partial charge on any atom is -0.394 e. The van der Waals surface area contributed by atoms with Crippen LogP contribution in [-0.2, 0) is 19.1 Å². The minimum absolute atomic E-state index is 0.135. The second kappa shape index (κ2) is 9.87. The van der Waals surface area contributed by atoms with Crippen LogP contribution in [0.5, 0.6) is 0 Å². The van der Waals surface area contributed by atoms with Crippen LogP contribution in [0.4, 0.5) is 28.3 Å². The van der Waals surface area contributed by atoms with Gasteiger partial charge in [-0.05, 0) is 43.7 Å². The smallest absolute Gasteiger partial charge is 0.394 e. The number of benzene rings is 1. The predicted octanol–water partition coefficient (Wildman–Crippen LogP) is 2.22. The SMILES string of the molecule is CNC[C@H](c1ccc(C(F)(F)F)c(F)c1)c1nc(N[C@@H](C)CO)nc2c1CCN(C(N)=O)C2. The molecule has 33 heavy (non-hydrogen) atoms. The molecule has 0 unspecified atom stereocenters. The molecule has 180 valence electrons. The van der Waals surface area contributed by atoms with Gasteiger partial charge in [0.2, 0.25) is 5.95 Å². The average molecular weight is 470 g/mol. The molecule has 1 aliphatic heterocycles. The van der Waals surface area contributed by atoms with Crippen molar-refractivity contribution in [3.63, 3.8) is 0 Å². The number of fused-ring (bicyclic) bond motifs is 1. The van der Waals surface area contributed by atoms with E-state index in [4.69, 9.17) is 5.73 Å². The van der Waals surface area contributed by atoms with E-state index < -0.39 is 29.5 Å². The zero-order valence-corrected chi connectivity index (χ0v) is 18.2. The van der Waals surface area contributed by atoms with Crippen LogP contribution in [0.15, 0.2) is 18.2 Å². The molecule has 2 heterocycles. The molecule has 2 aromatic rings. The third-order valence-corrected chi connectivity index (χ3v) is 5.50. The number of nitrogens with two attached hydrogens (primary N) is 1. The number of aliphatic hydroxyl groups is 1. The summed E-state index contributed by atoms with van der Waals surface area (Å²) in [6.07, 6.45) is -4.42. The van der Waals surface area contributed by atoms with Gasteiger partial charge in [0.05, 0.1) is 30.1 Å². The van der Waals surface area contributed by atoms with E-state index in [1.165, 1.54) is 11.0 Å². The summed E-state index contributed by atoms with van der Waals surface area (Å²) in [6, 6.07) is 1.86. The number of primary amides is 1. The number of nitrogens with zero attached hydrogens (tertiary/aromatic N) is 3. The highest BCUT2D eigenvalue weighted by Gasteiger charge is 2.35.